The summed E-state index contributed by atoms with van der Waals surface area (Å²) in [4.78, 5) is 25.7. The van der Waals surface area contributed by atoms with E-state index in [0.29, 0.717) is 23.6 Å². The zero-order valence-electron chi connectivity index (χ0n) is 12.5. The van der Waals surface area contributed by atoms with Crippen LogP contribution in [0.1, 0.15) is 31.1 Å². The highest BCUT2D eigenvalue weighted by Crippen LogP contribution is 2.32. The molecular weight excluding hydrogens is 272 g/mol. The maximum absolute atomic E-state index is 12.4. The lowest BCUT2D eigenvalue weighted by atomic mass is 10.1. The van der Waals surface area contributed by atoms with Crippen LogP contribution in [0.5, 0.6) is 11.5 Å². The first-order valence-electron chi connectivity index (χ1n) is 6.99. The number of hydrogen-bond donors (Lipinski definition) is 1. The van der Waals surface area contributed by atoms with Gasteiger partial charge >= 0.3 is 0 Å². The van der Waals surface area contributed by atoms with Crippen molar-refractivity contribution in [1.82, 2.24) is 10.2 Å². The van der Waals surface area contributed by atoms with E-state index in [2.05, 4.69) is 5.32 Å². The number of fused-ring (bicyclic) bond motifs is 1. The number of carbonyl (C=O) groups is 2. The van der Waals surface area contributed by atoms with Gasteiger partial charge in [-0.3, -0.25) is 9.59 Å². The summed E-state index contributed by atoms with van der Waals surface area (Å²) in [7, 11) is 0. The molecule has 0 fully saturated rings. The van der Waals surface area contributed by atoms with Gasteiger partial charge in [0.15, 0.2) is 11.5 Å². The Morgan fingerprint density at radius 1 is 1.29 bits per heavy atom. The van der Waals surface area contributed by atoms with Crippen LogP contribution in [0.2, 0.25) is 0 Å². The predicted molar refractivity (Wildman–Crippen MR) is 77.4 cm³/mol. The van der Waals surface area contributed by atoms with Gasteiger partial charge in [0.05, 0.1) is 6.54 Å². The topological polar surface area (TPSA) is 67.9 Å². The van der Waals surface area contributed by atoms with Gasteiger partial charge in [-0.1, -0.05) is 0 Å². The van der Waals surface area contributed by atoms with Crippen molar-refractivity contribution < 1.29 is 19.1 Å². The Balaban J connectivity index is 2.07. The van der Waals surface area contributed by atoms with Crippen LogP contribution >= 0.6 is 0 Å². The van der Waals surface area contributed by atoms with Crippen molar-refractivity contribution in [1.29, 1.82) is 0 Å². The van der Waals surface area contributed by atoms with Crippen molar-refractivity contribution in [3.8, 4) is 11.5 Å². The molecule has 6 heteroatoms. The van der Waals surface area contributed by atoms with Gasteiger partial charge in [0, 0.05) is 18.2 Å². The summed E-state index contributed by atoms with van der Waals surface area (Å²) in [5, 5.41) is 2.78. The summed E-state index contributed by atoms with van der Waals surface area (Å²) < 4.78 is 10.5. The Labute approximate surface area is 124 Å². The average Bonchev–Trinajstić information content (AvgIpc) is 2.90. The quantitative estimate of drug-likeness (QED) is 0.891. The van der Waals surface area contributed by atoms with Crippen LogP contribution in [0.25, 0.3) is 0 Å². The van der Waals surface area contributed by atoms with E-state index in [4.69, 9.17) is 9.47 Å². The zero-order chi connectivity index (χ0) is 15.4. The average molecular weight is 292 g/mol. The molecule has 1 aliphatic heterocycles. The number of nitrogens with zero attached hydrogens (tertiary/aromatic N) is 1. The van der Waals surface area contributed by atoms with Gasteiger partial charge < -0.3 is 19.7 Å². The molecular formula is C15H20N2O4. The highest BCUT2D eigenvalue weighted by molar-refractivity contribution is 5.97. The van der Waals surface area contributed by atoms with Crippen molar-refractivity contribution in [2.24, 2.45) is 0 Å². The van der Waals surface area contributed by atoms with E-state index in [1.54, 1.807) is 18.2 Å². The molecule has 0 saturated heterocycles. The highest BCUT2D eigenvalue weighted by Gasteiger charge is 2.21. The minimum absolute atomic E-state index is 0.0436. The van der Waals surface area contributed by atoms with Gasteiger partial charge in [-0.25, -0.2) is 0 Å². The molecule has 0 aliphatic carbocycles. The third-order valence-electron chi connectivity index (χ3n) is 3.07. The molecule has 1 aliphatic rings. The van der Waals surface area contributed by atoms with Crippen LogP contribution in [0.15, 0.2) is 18.2 Å². The van der Waals surface area contributed by atoms with E-state index in [-0.39, 0.29) is 31.2 Å². The van der Waals surface area contributed by atoms with Gasteiger partial charge in [0.2, 0.25) is 12.7 Å². The van der Waals surface area contributed by atoms with Crippen molar-refractivity contribution >= 4 is 11.8 Å². The van der Waals surface area contributed by atoms with Crippen LogP contribution in [0.4, 0.5) is 0 Å². The summed E-state index contributed by atoms with van der Waals surface area (Å²) >= 11 is 0. The van der Waals surface area contributed by atoms with Crippen LogP contribution in [0.3, 0.4) is 0 Å². The zero-order valence-corrected chi connectivity index (χ0v) is 12.5. The van der Waals surface area contributed by atoms with E-state index in [1.165, 1.54) is 4.90 Å². The minimum Gasteiger partial charge on any atom is -0.454 e. The summed E-state index contributed by atoms with van der Waals surface area (Å²) in [6.45, 7) is 6.28. The molecule has 0 bridgehead atoms. The smallest absolute Gasteiger partial charge is 0.254 e. The fourth-order valence-corrected chi connectivity index (χ4v) is 2.08. The van der Waals surface area contributed by atoms with E-state index in [0.717, 1.165) is 0 Å². The molecule has 1 aromatic rings. The van der Waals surface area contributed by atoms with Crippen molar-refractivity contribution in [2.75, 3.05) is 19.9 Å². The number of carbonyl (C=O) groups excluding carboxylic acids is 2. The first-order chi connectivity index (χ1) is 10.0. The number of benzene rings is 1. The van der Waals surface area contributed by atoms with Gasteiger partial charge in [-0.05, 0) is 39.0 Å². The number of ether oxygens (including phenoxy) is 2. The largest absolute Gasteiger partial charge is 0.454 e. The molecule has 1 aromatic carbocycles. The normalized spacial score (nSPS) is 12.4. The second kappa shape index (κ2) is 6.47. The lowest BCUT2D eigenvalue weighted by Crippen LogP contribution is -2.42. The molecule has 2 amide bonds. The van der Waals surface area contributed by atoms with Crippen LogP contribution in [-0.4, -0.2) is 42.6 Å². The molecule has 0 radical (unpaired) electrons. The molecule has 0 aromatic heterocycles. The first-order valence-corrected chi connectivity index (χ1v) is 6.99. The Hall–Kier alpha value is -2.24. The van der Waals surface area contributed by atoms with Gasteiger partial charge in [-0.2, -0.15) is 0 Å². The Kier molecular flexibility index (Phi) is 4.67. The number of nitrogens with one attached hydrogen (secondary N) is 1. The van der Waals surface area contributed by atoms with E-state index in [1.807, 2.05) is 20.8 Å². The standard InChI is InChI=1S/C15H20N2O4/c1-4-17(8-14(18)16-10(2)3)15(19)11-5-6-12-13(7-11)21-9-20-12/h5-7,10H,4,8-9H2,1-3H3,(H,16,18). The van der Waals surface area contributed by atoms with E-state index in [9.17, 15) is 9.59 Å². The fraction of sp³-hybridized carbons (Fsp3) is 0.467. The van der Waals surface area contributed by atoms with Crippen LogP contribution in [0, 0.1) is 0 Å². The molecule has 114 valence electrons. The molecule has 21 heavy (non-hydrogen) atoms. The molecule has 0 unspecified atom stereocenters. The molecule has 6 nitrogen and oxygen atoms in total. The third-order valence-corrected chi connectivity index (χ3v) is 3.07. The number of rotatable bonds is 5. The summed E-state index contributed by atoms with van der Waals surface area (Å²) in [6.07, 6.45) is 0. The van der Waals surface area contributed by atoms with Gasteiger partial charge in [0.1, 0.15) is 0 Å². The second-order valence-electron chi connectivity index (χ2n) is 5.11. The Morgan fingerprint density at radius 3 is 2.67 bits per heavy atom. The van der Waals surface area contributed by atoms with Crippen molar-refractivity contribution in [2.45, 2.75) is 26.8 Å². The summed E-state index contributed by atoms with van der Waals surface area (Å²) in [5.41, 5.74) is 0.485. The van der Waals surface area contributed by atoms with E-state index < -0.39 is 0 Å². The fourth-order valence-electron chi connectivity index (χ4n) is 2.08. The van der Waals surface area contributed by atoms with Crippen molar-refractivity contribution in [3.63, 3.8) is 0 Å². The SMILES string of the molecule is CCN(CC(=O)NC(C)C)C(=O)c1ccc2c(c1)OCO2. The number of hydrogen-bond acceptors (Lipinski definition) is 4. The number of likely N-dealkylation sites (N-methyl/N-ethyl adjacent to an activating group) is 1. The lowest BCUT2D eigenvalue weighted by Gasteiger charge is -2.21. The van der Waals surface area contributed by atoms with Crippen LogP contribution in [-0.2, 0) is 4.79 Å². The second-order valence-corrected chi connectivity index (χ2v) is 5.11. The van der Waals surface area contributed by atoms with Gasteiger partial charge in [0.25, 0.3) is 5.91 Å². The molecule has 1 N–H and O–H groups in total. The Bertz CT molecular complexity index is 542. The molecule has 1 heterocycles. The molecule has 0 saturated carbocycles. The highest BCUT2D eigenvalue weighted by atomic mass is 16.7. The first kappa shape index (κ1) is 15.2. The molecule has 0 spiro atoms. The lowest BCUT2D eigenvalue weighted by molar-refractivity contribution is -0.122. The molecule has 2 rings (SSSR count). The predicted octanol–water partition coefficient (Wildman–Crippen LogP) is 1.40. The maximum atomic E-state index is 12.4. The van der Waals surface area contributed by atoms with Gasteiger partial charge in [-0.15, -0.1) is 0 Å². The monoisotopic (exact) mass is 292 g/mol. The molecule has 0 atom stereocenters. The minimum atomic E-state index is -0.199. The maximum Gasteiger partial charge on any atom is 0.254 e. The summed E-state index contributed by atoms with van der Waals surface area (Å²) in [5.74, 6) is 0.825. The van der Waals surface area contributed by atoms with E-state index >= 15 is 0 Å². The van der Waals surface area contributed by atoms with Crippen molar-refractivity contribution in [3.05, 3.63) is 23.8 Å². The summed E-state index contributed by atoms with van der Waals surface area (Å²) in [6, 6.07) is 5.08. The van der Waals surface area contributed by atoms with Crippen LogP contribution < -0.4 is 14.8 Å². The Morgan fingerprint density at radius 2 is 2.00 bits per heavy atom. The number of amides is 2. The third kappa shape index (κ3) is 3.65.